The summed E-state index contributed by atoms with van der Waals surface area (Å²) in [5.74, 6) is -0.480. The number of amides is 2. The Hall–Kier alpha value is -3.25. The molecule has 6 nitrogen and oxygen atoms in total. The third-order valence-electron chi connectivity index (χ3n) is 4.95. The molecule has 2 aromatic carbocycles. The number of nitrogens with zero attached hydrogens (tertiary/aromatic N) is 2. The highest BCUT2D eigenvalue weighted by Crippen LogP contribution is 2.28. The second kappa shape index (κ2) is 7.78. The van der Waals surface area contributed by atoms with Crippen molar-refractivity contribution in [3.63, 3.8) is 0 Å². The van der Waals surface area contributed by atoms with Crippen LogP contribution in [0.4, 0.5) is 5.69 Å². The Bertz CT molecular complexity index is 1010. The number of nitrogens with one attached hydrogen (secondary N) is 1. The summed E-state index contributed by atoms with van der Waals surface area (Å²) in [6, 6.07) is 17.2. The highest BCUT2D eigenvalue weighted by molar-refractivity contribution is 6.01. The Balaban J connectivity index is 1.44. The molecule has 0 atom stereocenters. The molecule has 142 valence electrons. The maximum absolute atomic E-state index is 12.7. The minimum absolute atomic E-state index is 0.0444. The van der Waals surface area contributed by atoms with Gasteiger partial charge in [-0.25, -0.2) is 0 Å². The molecule has 3 aromatic rings. The summed E-state index contributed by atoms with van der Waals surface area (Å²) in [5, 5.41) is 3.96. The molecule has 0 aliphatic heterocycles. The van der Waals surface area contributed by atoms with Gasteiger partial charge in [-0.2, -0.15) is 0 Å². The van der Waals surface area contributed by atoms with Crippen LogP contribution in [-0.4, -0.2) is 34.3 Å². The predicted molar refractivity (Wildman–Crippen MR) is 109 cm³/mol. The van der Waals surface area contributed by atoms with Gasteiger partial charge in [0, 0.05) is 29.7 Å². The molecule has 1 saturated carbocycles. The average molecular weight is 374 g/mol. The van der Waals surface area contributed by atoms with Crippen LogP contribution >= 0.6 is 0 Å². The molecule has 0 bridgehead atoms. The molecule has 0 spiro atoms. The van der Waals surface area contributed by atoms with Crippen molar-refractivity contribution < 1.29 is 9.59 Å². The lowest BCUT2D eigenvalue weighted by atomic mass is 10.1. The summed E-state index contributed by atoms with van der Waals surface area (Å²) in [6.45, 7) is 0.979. The van der Waals surface area contributed by atoms with Crippen molar-refractivity contribution in [2.75, 3.05) is 11.9 Å². The first-order chi connectivity index (χ1) is 13.6. The summed E-state index contributed by atoms with van der Waals surface area (Å²) >= 11 is 0. The monoisotopic (exact) mass is 374 g/mol. The minimum Gasteiger partial charge on any atom is -0.366 e. The molecule has 1 fully saturated rings. The lowest BCUT2D eigenvalue weighted by molar-refractivity contribution is -0.117. The molecule has 0 unspecified atom stereocenters. The normalized spacial score (nSPS) is 13.6. The molecule has 0 saturated heterocycles. The summed E-state index contributed by atoms with van der Waals surface area (Å²) < 4.78 is 0. The summed E-state index contributed by atoms with van der Waals surface area (Å²) in [4.78, 5) is 30.4. The number of pyridine rings is 1. The molecule has 2 amide bonds. The first kappa shape index (κ1) is 18.1. The second-order valence-corrected chi connectivity index (χ2v) is 7.12. The van der Waals surface area contributed by atoms with Gasteiger partial charge in [-0.15, -0.1) is 0 Å². The first-order valence-corrected chi connectivity index (χ1v) is 9.36. The van der Waals surface area contributed by atoms with Crippen molar-refractivity contribution in [1.82, 2.24) is 9.88 Å². The van der Waals surface area contributed by atoms with Gasteiger partial charge < -0.3 is 11.1 Å². The van der Waals surface area contributed by atoms with Crippen LogP contribution < -0.4 is 11.1 Å². The van der Waals surface area contributed by atoms with Crippen molar-refractivity contribution in [2.45, 2.75) is 25.4 Å². The van der Waals surface area contributed by atoms with Gasteiger partial charge in [0.1, 0.15) is 0 Å². The number of benzene rings is 2. The van der Waals surface area contributed by atoms with E-state index < -0.39 is 5.91 Å². The zero-order valence-corrected chi connectivity index (χ0v) is 15.5. The number of nitrogens with two attached hydrogens (primary N) is 1. The fourth-order valence-electron chi connectivity index (χ4n) is 3.35. The van der Waals surface area contributed by atoms with Gasteiger partial charge in [-0.3, -0.25) is 19.5 Å². The van der Waals surface area contributed by atoms with Gasteiger partial charge in [-0.05, 0) is 54.8 Å². The largest absolute Gasteiger partial charge is 0.366 e. The van der Waals surface area contributed by atoms with Crippen LogP contribution in [0.25, 0.3) is 10.9 Å². The number of fused-ring (bicyclic) bond motifs is 1. The van der Waals surface area contributed by atoms with Crippen molar-refractivity contribution in [3.05, 3.63) is 71.9 Å². The van der Waals surface area contributed by atoms with E-state index >= 15 is 0 Å². The van der Waals surface area contributed by atoms with Crippen LogP contribution in [-0.2, 0) is 11.3 Å². The van der Waals surface area contributed by atoms with Crippen molar-refractivity contribution in [1.29, 1.82) is 0 Å². The Labute approximate surface area is 163 Å². The highest BCUT2D eigenvalue weighted by Gasteiger charge is 2.30. The van der Waals surface area contributed by atoms with Crippen LogP contribution in [0.5, 0.6) is 0 Å². The quantitative estimate of drug-likeness (QED) is 0.665. The van der Waals surface area contributed by atoms with Gasteiger partial charge in [0.15, 0.2) is 0 Å². The van der Waals surface area contributed by atoms with E-state index in [1.54, 1.807) is 18.3 Å². The third-order valence-corrected chi connectivity index (χ3v) is 4.95. The number of aromatic nitrogens is 1. The maximum atomic E-state index is 12.7. The van der Waals surface area contributed by atoms with Crippen molar-refractivity contribution >= 4 is 28.4 Å². The van der Waals surface area contributed by atoms with E-state index in [0.29, 0.717) is 24.7 Å². The number of hydrogen-bond donors (Lipinski definition) is 2. The molecule has 1 aliphatic rings. The second-order valence-electron chi connectivity index (χ2n) is 7.12. The smallest absolute Gasteiger partial charge is 0.248 e. The van der Waals surface area contributed by atoms with Gasteiger partial charge in [-0.1, -0.05) is 18.2 Å². The molecule has 6 heteroatoms. The van der Waals surface area contributed by atoms with Crippen LogP contribution in [0, 0.1) is 0 Å². The summed E-state index contributed by atoms with van der Waals surface area (Å²) in [7, 11) is 0. The molecule has 1 aliphatic carbocycles. The minimum atomic E-state index is -0.436. The summed E-state index contributed by atoms with van der Waals surface area (Å²) in [5.41, 5.74) is 8.47. The van der Waals surface area contributed by atoms with E-state index in [0.717, 1.165) is 35.0 Å². The van der Waals surface area contributed by atoms with Gasteiger partial charge >= 0.3 is 0 Å². The average Bonchev–Trinajstić information content (AvgIpc) is 3.53. The maximum Gasteiger partial charge on any atom is 0.248 e. The van der Waals surface area contributed by atoms with E-state index in [9.17, 15) is 9.59 Å². The molecule has 4 rings (SSSR count). The topological polar surface area (TPSA) is 88.3 Å². The van der Waals surface area contributed by atoms with E-state index in [1.807, 2.05) is 42.5 Å². The van der Waals surface area contributed by atoms with E-state index in [1.165, 1.54) is 0 Å². The number of hydrogen-bond acceptors (Lipinski definition) is 4. The van der Waals surface area contributed by atoms with Crippen LogP contribution in [0.2, 0.25) is 0 Å². The number of carbonyl (C=O) groups excluding carboxylic acids is 2. The zero-order chi connectivity index (χ0) is 19.5. The van der Waals surface area contributed by atoms with E-state index in [4.69, 9.17) is 5.73 Å². The fraction of sp³-hybridized carbons (Fsp3) is 0.227. The molecule has 28 heavy (non-hydrogen) atoms. The lowest BCUT2D eigenvalue weighted by Gasteiger charge is -2.22. The molecule has 1 aromatic heterocycles. The highest BCUT2D eigenvalue weighted by atomic mass is 16.2. The van der Waals surface area contributed by atoms with E-state index in [2.05, 4.69) is 15.2 Å². The third kappa shape index (κ3) is 4.18. The Morgan fingerprint density at radius 2 is 1.86 bits per heavy atom. The Morgan fingerprint density at radius 3 is 2.57 bits per heavy atom. The number of anilines is 1. The molecular weight excluding hydrogens is 352 g/mol. The van der Waals surface area contributed by atoms with Crippen LogP contribution in [0.1, 0.15) is 28.8 Å². The fourth-order valence-corrected chi connectivity index (χ4v) is 3.35. The lowest BCUT2D eigenvalue weighted by Crippen LogP contribution is -2.34. The van der Waals surface area contributed by atoms with Gasteiger partial charge in [0.2, 0.25) is 11.8 Å². The molecular formula is C22H22N4O2. The standard InChI is InChI=1S/C22H22N4O2/c23-22(28)16-8-6-15(7-9-16)13-26(17-10-11-17)14-21(27)25-20-5-1-4-19-18(20)3-2-12-24-19/h1-9,12,17H,10-11,13-14H2,(H2,23,28)(H,25,27). The molecule has 3 N–H and O–H groups in total. The van der Waals surface area contributed by atoms with Crippen molar-refractivity contribution in [2.24, 2.45) is 5.73 Å². The zero-order valence-electron chi connectivity index (χ0n) is 15.5. The van der Waals surface area contributed by atoms with Gasteiger partial charge in [0.25, 0.3) is 0 Å². The SMILES string of the molecule is NC(=O)c1ccc(CN(CC(=O)Nc2cccc3ncccc23)C2CC2)cc1. The number of primary amides is 1. The van der Waals surface area contributed by atoms with Crippen LogP contribution in [0.3, 0.4) is 0 Å². The first-order valence-electron chi connectivity index (χ1n) is 9.36. The number of rotatable bonds is 7. The van der Waals surface area contributed by atoms with E-state index in [-0.39, 0.29) is 5.91 Å². The predicted octanol–water partition coefficient (Wildman–Crippen LogP) is 2.94. The van der Waals surface area contributed by atoms with Crippen LogP contribution in [0.15, 0.2) is 60.8 Å². The Morgan fingerprint density at radius 1 is 1.07 bits per heavy atom. The number of carbonyl (C=O) groups is 2. The molecule has 1 heterocycles. The molecule has 0 radical (unpaired) electrons. The Kier molecular flexibility index (Phi) is 5.04. The van der Waals surface area contributed by atoms with Gasteiger partial charge in [0.05, 0.1) is 17.7 Å². The summed E-state index contributed by atoms with van der Waals surface area (Å²) in [6.07, 6.45) is 3.95. The van der Waals surface area contributed by atoms with Crippen molar-refractivity contribution in [3.8, 4) is 0 Å².